The van der Waals surface area contributed by atoms with Crippen LogP contribution in [-0.4, -0.2) is 38.6 Å². The number of fused-ring (bicyclic) bond motifs is 1. The monoisotopic (exact) mass is 404 g/mol. The molecule has 29 heavy (non-hydrogen) atoms. The van der Waals surface area contributed by atoms with Crippen molar-refractivity contribution in [1.82, 2.24) is 19.4 Å². The van der Waals surface area contributed by atoms with E-state index in [2.05, 4.69) is 9.97 Å². The number of carbonyl (C=O) groups is 1. The molecule has 0 N–H and O–H groups in total. The smallest absolute Gasteiger partial charge is 0.445 e. The summed E-state index contributed by atoms with van der Waals surface area (Å²) in [6.07, 6.45) is -2.65. The van der Waals surface area contributed by atoms with Gasteiger partial charge in [-0.15, -0.1) is 0 Å². The highest BCUT2D eigenvalue weighted by Gasteiger charge is 2.40. The van der Waals surface area contributed by atoms with Crippen LogP contribution < -0.4 is 0 Å². The molecule has 3 heterocycles. The Balaban J connectivity index is 1.55. The van der Waals surface area contributed by atoms with E-state index in [0.29, 0.717) is 19.4 Å². The standard InChI is InChI=1S/C20H19F3N4O2/c21-20(22,23)18-25-16-9-4-10-24-17(16)27(18)15-8-5-11-26(12-15)19(28)29-13-14-6-2-1-3-7-14/h1-4,6-7,9-10,15H,5,8,11-13H2/t15-/m1/s1. The van der Waals surface area contributed by atoms with Gasteiger partial charge in [0.1, 0.15) is 12.1 Å². The second-order valence-corrected chi connectivity index (χ2v) is 6.93. The Morgan fingerprint density at radius 1 is 1.17 bits per heavy atom. The van der Waals surface area contributed by atoms with E-state index < -0.39 is 24.1 Å². The minimum atomic E-state index is -4.61. The number of amides is 1. The molecular formula is C20H19F3N4O2. The molecule has 6 nitrogen and oxygen atoms in total. The third-order valence-corrected chi connectivity index (χ3v) is 4.93. The van der Waals surface area contributed by atoms with E-state index in [0.717, 1.165) is 10.1 Å². The van der Waals surface area contributed by atoms with Crippen LogP contribution >= 0.6 is 0 Å². The Hall–Kier alpha value is -3.10. The average Bonchev–Trinajstić information content (AvgIpc) is 3.13. The quantitative estimate of drug-likeness (QED) is 0.648. The lowest BCUT2D eigenvalue weighted by Crippen LogP contribution is -2.41. The maximum atomic E-state index is 13.6. The lowest BCUT2D eigenvalue weighted by molar-refractivity contribution is -0.148. The van der Waals surface area contributed by atoms with Gasteiger partial charge in [-0.05, 0) is 30.5 Å². The fourth-order valence-electron chi connectivity index (χ4n) is 3.62. The van der Waals surface area contributed by atoms with Crippen molar-refractivity contribution in [1.29, 1.82) is 0 Å². The van der Waals surface area contributed by atoms with Crippen LogP contribution in [-0.2, 0) is 17.5 Å². The zero-order chi connectivity index (χ0) is 20.4. The Morgan fingerprint density at radius 3 is 2.72 bits per heavy atom. The van der Waals surface area contributed by atoms with E-state index in [1.165, 1.54) is 17.2 Å². The van der Waals surface area contributed by atoms with Crippen molar-refractivity contribution in [2.75, 3.05) is 13.1 Å². The maximum Gasteiger partial charge on any atom is 0.449 e. The van der Waals surface area contributed by atoms with Crippen molar-refractivity contribution >= 4 is 17.3 Å². The molecule has 2 aromatic heterocycles. The molecule has 0 aliphatic carbocycles. The van der Waals surface area contributed by atoms with Gasteiger partial charge in [0.25, 0.3) is 0 Å². The van der Waals surface area contributed by atoms with Crippen LogP contribution in [0.3, 0.4) is 0 Å². The number of nitrogens with zero attached hydrogens (tertiary/aromatic N) is 4. The first kappa shape index (κ1) is 19.2. The summed E-state index contributed by atoms with van der Waals surface area (Å²) in [6.45, 7) is 0.661. The molecule has 152 valence electrons. The topological polar surface area (TPSA) is 60.2 Å². The molecule has 0 bridgehead atoms. The number of benzene rings is 1. The molecule has 1 amide bonds. The molecule has 0 saturated carbocycles. The third kappa shape index (κ3) is 4.03. The van der Waals surface area contributed by atoms with Crippen LogP contribution in [0.1, 0.15) is 30.3 Å². The van der Waals surface area contributed by atoms with Crippen molar-refractivity contribution in [3.63, 3.8) is 0 Å². The zero-order valence-corrected chi connectivity index (χ0v) is 15.5. The van der Waals surface area contributed by atoms with Gasteiger partial charge in [0.05, 0.1) is 6.04 Å². The summed E-state index contributed by atoms with van der Waals surface area (Å²) in [4.78, 5) is 21.8. The number of ether oxygens (including phenoxy) is 1. The maximum absolute atomic E-state index is 13.6. The molecule has 1 fully saturated rings. The summed E-state index contributed by atoms with van der Waals surface area (Å²) >= 11 is 0. The number of rotatable bonds is 3. The van der Waals surface area contributed by atoms with Gasteiger partial charge in [0.15, 0.2) is 5.65 Å². The second kappa shape index (κ2) is 7.73. The molecule has 3 aromatic rings. The number of hydrogen-bond donors (Lipinski definition) is 0. The van der Waals surface area contributed by atoms with Crippen molar-refractivity contribution in [3.8, 4) is 0 Å². The van der Waals surface area contributed by atoms with Gasteiger partial charge in [-0.3, -0.25) is 0 Å². The van der Waals surface area contributed by atoms with Gasteiger partial charge in [0.2, 0.25) is 5.82 Å². The molecular weight excluding hydrogens is 385 g/mol. The molecule has 1 aliphatic heterocycles. The third-order valence-electron chi connectivity index (χ3n) is 4.93. The first-order chi connectivity index (χ1) is 13.9. The van der Waals surface area contributed by atoms with E-state index in [9.17, 15) is 18.0 Å². The minimum Gasteiger partial charge on any atom is -0.445 e. The molecule has 4 rings (SSSR count). The second-order valence-electron chi connectivity index (χ2n) is 6.93. The predicted molar refractivity (Wildman–Crippen MR) is 99.0 cm³/mol. The van der Waals surface area contributed by atoms with Gasteiger partial charge in [-0.1, -0.05) is 30.3 Å². The molecule has 1 atom stereocenters. The largest absolute Gasteiger partial charge is 0.449 e. The van der Waals surface area contributed by atoms with E-state index >= 15 is 0 Å². The number of pyridine rings is 1. The molecule has 0 unspecified atom stereocenters. The molecule has 0 radical (unpaired) electrons. The summed E-state index contributed by atoms with van der Waals surface area (Å²) in [5.41, 5.74) is 1.20. The SMILES string of the molecule is O=C(OCc1ccccc1)N1CCC[C@@H](n2c(C(F)(F)F)nc3cccnc32)C1. The van der Waals surface area contributed by atoms with E-state index in [1.807, 2.05) is 30.3 Å². The van der Waals surface area contributed by atoms with Gasteiger partial charge in [0, 0.05) is 19.3 Å². The number of imidazole rings is 1. The Morgan fingerprint density at radius 2 is 1.97 bits per heavy atom. The van der Waals surface area contributed by atoms with Gasteiger partial charge >= 0.3 is 12.3 Å². The number of halogens is 3. The predicted octanol–water partition coefficient (Wildman–Crippen LogP) is 4.42. The Labute approximate surface area is 164 Å². The van der Waals surface area contributed by atoms with E-state index in [1.54, 1.807) is 6.07 Å². The lowest BCUT2D eigenvalue weighted by atomic mass is 10.1. The number of likely N-dealkylation sites (tertiary alicyclic amines) is 1. The number of aromatic nitrogens is 3. The first-order valence-corrected chi connectivity index (χ1v) is 9.29. The summed E-state index contributed by atoms with van der Waals surface area (Å²) in [6, 6.07) is 11.7. The highest BCUT2D eigenvalue weighted by atomic mass is 19.4. The molecule has 9 heteroatoms. The van der Waals surface area contributed by atoms with Gasteiger partial charge < -0.3 is 14.2 Å². The number of piperidine rings is 1. The first-order valence-electron chi connectivity index (χ1n) is 9.29. The number of hydrogen-bond acceptors (Lipinski definition) is 4. The van der Waals surface area contributed by atoms with Crippen molar-refractivity contribution in [2.24, 2.45) is 0 Å². The normalized spacial score (nSPS) is 17.5. The van der Waals surface area contributed by atoms with Crippen LogP contribution in [0.25, 0.3) is 11.2 Å². The fraction of sp³-hybridized carbons (Fsp3) is 0.350. The van der Waals surface area contributed by atoms with Gasteiger partial charge in [-0.2, -0.15) is 13.2 Å². The van der Waals surface area contributed by atoms with Crippen LogP contribution in [0.5, 0.6) is 0 Å². The Kier molecular flexibility index (Phi) is 5.12. The Bertz CT molecular complexity index is 1000. The summed E-state index contributed by atoms with van der Waals surface area (Å²) in [5, 5.41) is 0. The minimum absolute atomic E-state index is 0.110. The summed E-state index contributed by atoms with van der Waals surface area (Å²) in [7, 11) is 0. The van der Waals surface area contributed by atoms with Crippen LogP contribution in [0.4, 0.5) is 18.0 Å². The van der Waals surface area contributed by atoms with Crippen LogP contribution in [0.2, 0.25) is 0 Å². The lowest BCUT2D eigenvalue weighted by Gasteiger charge is -2.33. The van der Waals surface area contributed by atoms with E-state index in [4.69, 9.17) is 4.74 Å². The molecule has 1 saturated heterocycles. The molecule has 0 spiro atoms. The van der Waals surface area contributed by atoms with Crippen LogP contribution in [0.15, 0.2) is 48.7 Å². The number of alkyl halides is 3. The summed E-state index contributed by atoms with van der Waals surface area (Å²) < 4.78 is 47.2. The fourth-order valence-corrected chi connectivity index (χ4v) is 3.62. The molecule has 1 aliphatic rings. The van der Waals surface area contributed by atoms with Crippen molar-refractivity contribution in [2.45, 2.75) is 31.7 Å². The van der Waals surface area contributed by atoms with Gasteiger partial charge in [-0.25, -0.2) is 14.8 Å². The van der Waals surface area contributed by atoms with Crippen molar-refractivity contribution in [3.05, 3.63) is 60.0 Å². The molecule has 1 aromatic carbocycles. The highest BCUT2D eigenvalue weighted by Crippen LogP contribution is 2.35. The number of carbonyl (C=O) groups excluding carboxylic acids is 1. The van der Waals surface area contributed by atoms with E-state index in [-0.39, 0.29) is 24.3 Å². The van der Waals surface area contributed by atoms with Crippen LogP contribution in [0, 0.1) is 0 Å². The van der Waals surface area contributed by atoms with Crippen molar-refractivity contribution < 1.29 is 22.7 Å². The zero-order valence-electron chi connectivity index (χ0n) is 15.5. The highest BCUT2D eigenvalue weighted by molar-refractivity contribution is 5.72. The average molecular weight is 404 g/mol. The summed E-state index contributed by atoms with van der Waals surface area (Å²) in [5.74, 6) is -0.990.